The summed E-state index contributed by atoms with van der Waals surface area (Å²) in [5, 5.41) is 34.2. The zero-order chi connectivity index (χ0) is 44.7. The first-order chi connectivity index (χ1) is 29.5. The third-order valence-corrected chi connectivity index (χ3v) is 14.9. The molecule has 3 N–H and O–H groups in total. The van der Waals surface area contributed by atoms with Gasteiger partial charge in [-0.3, -0.25) is 4.79 Å². The van der Waals surface area contributed by atoms with Gasteiger partial charge in [0.2, 0.25) is 0 Å². The molecule has 350 valence electrons. The fourth-order valence-corrected chi connectivity index (χ4v) is 11.0. The average molecular weight is 875 g/mol. The molecule has 14 heteroatoms. The van der Waals surface area contributed by atoms with Crippen molar-refractivity contribution in [1.82, 2.24) is 0 Å². The Morgan fingerprint density at radius 3 is 2.35 bits per heavy atom. The topological polar surface area (TPSA) is 170 Å². The number of hydrogen-bond donors (Lipinski definition) is 3. The van der Waals surface area contributed by atoms with Crippen molar-refractivity contribution in [3.05, 3.63) is 47.1 Å². The predicted octanol–water partition coefficient (Wildman–Crippen LogP) is 5.60. The van der Waals surface area contributed by atoms with Crippen LogP contribution in [0.25, 0.3) is 0 Å². The number of rotatable bonds is 8. The van der Waals surface area contributed by atoms with Crippen LogP contribution in [0.2, 0.25) is 0 Å². The smallest absolute Gasteiger partial charge is 0.316 e. The van der Waals surface area contributed by atoms with Crippen LogP contribution in [-0.4, -0.2) is 139 Å². The fourth-order valence-electron chi connectivity index (χ4n) is 11.0. The van der Waals surface area contributed by atoms with Gasteiger partial charge in [-0.15, -0.1) is 0 Å². The minimum atomic E-state index is -1.82. The van der Waals surface area contributed by atoms with Crippen LogP contribution in [0.3, 0.4) is 0 Å². The minimum Gasteiger partial charge on any atom is -0.462 e. The molecule has 7 rings (SSSR count). The van der Waals surface area contributed by atoms with E-state index in [2.05, 4.69) is 40.7 Å². The summed E-state index contributed by atoms with van der Waals surface area (Å²) >= 11 is 0. The highest BCUT2D eigenvalue weighted by Crippen LogP contribution is 2.48. The van der Waals surface area contributed by atoms with Gasteiger partial charge >= 0.3 is 5.97 Å². The highest BCUT2D eigenvalue weighted by molar-refractivity contribution is 5.78. The summed E-state index contributed by atoms with van der Waals surface area (Å²) in [7, 11) is 3.23. The van der Waals surface area contributed by atoms with Gasteiger partial charge in [-0.1, -0.05) is 64.5 Å². The fraction of sp³-hybridized carbons (Fsp3) is 0.812. The third kappa shape index (κ3) is 9.73. The molecule has 0 aromatic rings. The van der Waals surface area contributed by atoms with Crippen molar-refractivity contribution in [3.8, 4) is 0 Å². The molecule has 1 spiro atoms. The van der Waals surface area contributed by atoms with Crippen LogP contribution >= 0.6 is 0 Å². The SMILES string of the molecule is CC[C@H](C)[C@H]1O[C@]2(CC[C@@H]1C)C[C@H]1C[C@@H](C/C=C(\C)C(O[C@H]3C[C@H](OC)C(O[C@H]4C[C@H](OC)[C@@H](O)[C@H](C)O4)[C@H](C)O3)[C@@H](C)/C=C/C=C3/CO[C@H]4[C@H](O)C(C)=C[C@@H](C(=O)O1)[C@@]34O)O2. The molecule has 5 saturated heterocycles. The van der Waals surface area contributed by atoms with Gasteiger partial charge in [0.1, 0.15) is 42.0 Å². The summed E-state index contributed by atoms with van der Waals surface area (Å²) < 4.78 is 63.9. The lowest BCUT2D eigenvalue weighted by Gasteiger charge is -2.51. The van der Waals surface area contributed by atoms with Crippen molar-refractivity contribution in [3.63, 3.8) is 0 Å². The highest BCUT2D eigenvalue weighted by Gasteiger charge is 2.60. The summed E-state index contributed by atoms with van der Waals surface area (Å²) in [4.78, 5) is 14.4. The van der Waals surface area contributed by atoms with Crippen LogP contribution in [0.5, 0.6) is 0 Å². The second-order valence-corrected chi connectivity index (χ2v) is 19.4. The highest BCUT2D eigenvalue weighted by atomic mass is 16.7. The van der Waals surface area contributed by atoms with Crippen molar-refractivity contribution in [2.75, 3.05) is 20.8 Å². The van der Waals surface area contributed by atoms with Crippen molar-refractivity contribution in [2.45, 2.75) is 204 Å². The standard InChI is InChI=1S/C48H74O14/c1-11-25(2)43-28(5)17-18-47(62-43)23-34-20-33(61-47)16-15-27(4)42(26(3)13-12-14-32-24-55-45-40(49)29(6)19-35(46(51)58-34)48(32,45)52)59-39-22-37(54-10)44(31(8)57-39)60-38-21-36(53-9)41(50)30(7)56-38/h12-15,19,25-26,28,30-31,33-45,49-50,52H,11,16-18,20-24H2,1-10H3/b13-12+,27-15+,32-14-/t25-,26-,28-,30-,31-,33+,34+,35-,36-,37-,38-,39-,40+,41-,42?,43+,44?,45-,47+,48-/m0/s1. The van der Waals surface area contributed by atoms with Gasteiger partial charge in [0.15, 0.2) is 18.4 Å². The second-order valence-electron chi connectivity index (χ2n) is 19.4. The van der Waals surface area contributed by atoms with Gasteiger partial charge in [-0.05, 0) is 69.1 Å². The minimum absolute atomic E-state index is 0.00708. The number of carbonyl (C=O) groups is 1. The Kier molecular flexibility index (Phi) is 15.3. The average Bonchev–Trinajstić information content (AvgIpc) is 3.58. The molecule has 0 aromatic carbocycles. The lowest BCUT2D eigenvalue weighted by atomic mass is 9.71. The molecule has 0 saturated carbocycles. The lowest BCUT2D eigenvalue weighted by Crippen LogP contribution is -2.58. The van der Waals surface area contributed by atoms with E-state index in [1.165, 1.54) is 0 Å². The number of carbonyl (C=O) groups excluding carboxylic acids is 1. The molecule has 14 nitrogen and oxygen atoms in total. The predicted molar refractivity (Wildman–Crippen MR) is 227 cm³/mol. The van der Waals surface area contributed by atoms with E-state index in [1.807, 2.05) is 19.1 Å². The van der Waals surface area contributed by atoms with E-state index in [-0.39, 0.29) is 30.8 Å². The maximum atomic E-state index is 14.4. The van der Waals surface area contributed by atoms with Gasteiger partial charge in [0.05, 0.1) is 49.3 Å². The first-order valence-corrected chi connectivity index (χ1v) is 23.2. The van der Waals surface area contributed by atoms with Crippen LogP contribution in [-0.2, 0) is 52.2 Å². The molecule has 0 aromatic heterocycles. The third-order valence-electron chi connectivity index (χ3n) is 14.9. The molecule has 0 radical (unpaired) electrons. The zero-order valence-corrected chi connectivity index (χ0v) is 38.5. The van der Waals surface area contributed by atoms with E-state index < -0.39 is 90.8 Å². The Bertz CT molecular complexity index is 1680. The molecule has 2 bridgehead atoms. The monoisotopic (exact) mass is 875 g/mol. The summed E-state index contributed by atoms with van der Waals surface area (Å²) in [6, 6.07) is 0. The van der Waals surface area contributed by atoms with E-state index in [9.17, 15) is 20.1 Å². The normalized spacial score (nSPS) is 49.4. The zero-order valence-electron chi connectivity index (χ0n) is 38.5. The lowest BCUT2D eigenvalue weighted by molar-refractivity contribution is -0.340. The van der Waals surface area contributed by atoms with Gasteiger partial charge in [0, 0.05) is 52.2 Å². The Labute approximate surface area is 368 Å². The number of aliphatic hydroxyl groups excluding tert-OH is 2. The summed E-state index contributed by atoms with van der Waals surface area (Å²) in [6.07, 6.45) is 6.53. The maximum absolute atomic E-state index is 14.4. The first-order valence-electron chi connectivity index (χ1n) is 23.2. The number of esters is 1. The van der Waals surface area contributed by atoms with Crippen molar-refractivity contribution in [2.24, 2.45) is 23.7 Å². The Balaban J connectivity index is 1.18. The molecule has 0 amide bonds. The molecule has 5 fully saturated rings. The summed E-state index contributed by atoms with van der Waals surface area (Å²) in [5.41, 5.74) is 0.188. The van der Waals surface area contributed by atoms with Crippen molar-refractivity contribution in [1.29, 1.82) is 0 Å². The maximum Gasteiger partial charge on any atom is 0.316 e. The quantitative estimate of drug-likeness (QED) is 0.204. The molecular formula is C48H74O14. The number of hydrogen-bond acceptors (Lipinski definition) is 14. The number of methoxy groups -OCH3 is 2. The van der Waals surface area contributed by atoms with Gasteiger partial charge in [0.25, 0.3) is 0 Å². The number of allylic oxidation sites excluding steroid dienone is 2. The van der Waals surface area contributed by atoms with E-state index in [0.29, 0.717) is 61.5 Å². The number of ether oxygens (including phenoxy) is 10. The van der Waals surface area contributed by atoms with Crippen LogP contribution < -0.4 is 0 Å². The van der Waals surface area contributed by atoms with Crippen LogP contribution in [0.4, 0.5) is 0 Å². The molecule has 6 aliphatic heterocycles. The molecule has 1 aliphatic carbocycles. The Morgan fingerprint density at radius 1 is 0.919 bits per heavy atom. The Morgan fingerprint density at radius 2 is 1.63 bits per heavy atom. The molecular weight excluding hydrogens is 801 g/mol. The van der Waals surface area contributed by atoms with E-state index >= 15 is 0 Å². The van der Waals surface area contributed by atoms with Crippen LogP contribution in [0, 0.1) is 23.7 Å². The molecule has 62 heavy (non-hydrogen) atoms. The van der Waals surface area contributed by atoms with E-state index in [0.717, 1.165) is 18.4 Å². The van der Waals surface area contributed by atoms with E-state index in [4.69, 9.17) is 47.4 Å². The summed E-state index contributed by atoms with van der Waals surface area (Å²) in [6.45, 7) is 16.3. The van der Waals surface area contributed by atoms with Gasteiger partial charge in [-0.2, -0.15) is 0 Å². The molecule has 6 heterocycles. The second kappa shape index (κ2) is 19.8. The molecule has 2 unspecified atom stereocenters. The number of aliphatic hydroxyl groups is 3. The Hall–Kier alpha value is -2.05. The molecule has 7 aliphatic rings. The van der Waals surface area contributed by atoms with Gasteiger partial charge in [-0.25, -0.2) is 0 Å². The first kappa shape index (κ1) is 47.9. The summed E-state index contributed by atoms with van der Waals surface area (Å²) in [5.74, 6) is -2.10. The van der Waals surface area contributed by atoms with Crippen molar-refractivity contribution < 1.29 is 67.5 Å². The van der Waals surface area contributed by atoms with E-state index in [1.54, 1.807) is 40.2 Å². The van der Waals surface area contributed by atoms with Crippen LogP contribution in [0.1, 0.15) is 107 Å². The number of fused-ring (bicyclic) bond motifs is 2. The van der Waals surface area contributed by atoms with Gasteiger partial charge < -0.3 is 62.7 Å². The van der Waals surface area contributed by atoms with Crippen LogP contribution in [0.15, 0.2) is 47.1 Å². The van der Waals surface area contributed by atoms with Crippen molar-refractivity contribution >= 4 is 5.97 Å². The largest absolute Gasteiger partial charge is 0.462 e. The molecule has 20 atom stereocenters.